The zero-order chi connectivity index (χ0) is 17.9. The fraction of sp³-hybridized carbons (Fsp3) is 0.636. The van der Waals surface area contributed by atoms with Gasteiger partial charge in [0.25, 0.3) is 5.91 Å². The summed E-state index contributed by atoms with van der Waals surface area (Å²) in [5.41, 5.74) is 3.59. The minimum absolute atomic E-state index is 0.150. The smallest absolute Gasteiger partial charge is 0.253 e. The zero-order valence-electron chi connectivity index (χ0n) is 15.6. The van der Waals surface area contributed by atoms with Crippen LogP contribution in [0.5, 0.6) is 0 Å². The highest BCUT2D eigenvalue weighted by Crippen LogP contribution is 2.25. The number of nitrogens with one attached hydrogen (secondary N) is 1. The first kappa shape index (κ1) is 17.6. The maximum Gasteiger partial charge on any atom is 0.253 e. The lowest BCUT2D eigenvalue weighted by molar-refractivity contribution is -0.126. The molecule has 2 fully saturated rings. The van der Waals surface area contributed by atoms with Crippen molar-refractivity contribution >= 4 is 11.8 Å². The molecule has 1 saturated heterocycles. The van der Waals surface area contributed by atoms with Crippen molar-refractivity contribution in [1.29, 1.82) is 0 Å². The van der Waals surface area contributed by atoms with Gasteiger partial charge >= 0.3 is 0 Å². The van der Waals surface area contributed by atoms with Crippen LogP contribution in [0.1, 0.15) is 72.9 Å². The van der Waals surface area contributed by atoms with Crippen molar-refractivity contribution in [2.45, 2.75) is 70.3 Å². The second kappa shape index (κ2) is 7.81. The topological polar surface area (TPSA) is 49.4 Å². The molecule has 4 rings (SSSR count). The predicted molar refractivity (Wildman–Crippen MR) is 102 cm³/mol. The molecule has 1 N–H and O–H groups in total. The Balaban J connectivity index is 1.29. The average Bonchev–Trinajstić information content (AvgIpc) is 3.16. The predicted octanol–water partition coefficient (Wildman–Crippen LogP) is 3.48. The van der Waals surface area contributed by atoms with Gasteiger partial charge in [0.05, 0.1) is 0 Å². The van der Waals surface area contributed by atoms with E-state index in [0.29, 0.717) is 0 Å². The average molecular weight is 354 g/mol. The van der Waals surface area contributed by atoms with E-state index >= 15 is 0 Å². The molecule has 1 aromatic carbocycles. The number of likely N-dealkylation sites (tertiary alicyclic amines) is 1. The molecule has 26 heavy (non-hydrogen) atoms. The molecule has 2 aliphatic carbocycles. The van der Waals surface area contributed by atoms with Gasteiger partial charge < -0.3 is 10.2 Å². The van der Waals surface area contributed by atoms with Gasteiger partial charge in [-0.05, 0) is 68.2 Å². The summed E-state index contributed by atoms with van der Waals surface area (Å²) in [5, 5.41) is 3.24. The monoisotopic (exact) mass is 354 g/mol. The van der Waals surface area contributed by atoms with Crippen LogP contribution in [-0.2, 0) is 17.6 Å². The Bertz CT molecular complexity index is 671. The lowest BCUT2D eigenvalue weighted by Crippen LogP contribution is -2.48. The number of hydrogen-bond acceptors (Lipinski definition) is 2. The highest BCUT2D eigenvalue weighted by molar-refractivity contribution is 5.94. The first-order valence-corrected chi connectivity index (χ1v) is 10.4. The highest BCUT2D eigenvalue weighted by atomic mass is 16.2. The zero-order valence-corrected chi connectivity index (χ0v) is 15.6. The third-order valence-corrected chi connectivity index (χ3v) is 6.45. The third kappa shape index (κ3) is 3.79. The molecule has 140 valence electrons. The molecular weight excluding hydrogens is 324 g/mol. The Morgan fingerprint density at radius 1 is 0.885 bits per heavy atom. The summed E-state index contributed by atoms with van der Waals surface area (Å²) in [6, 6.07) is 6.45. The van der Waals surface area contributed by atoms with Crippen LogP contribution in [0.25, 0.3) is 0 Å². The van der Waals surface area contributed by atoms with Crippen molar-refractivity contribution in [3.8, 4) is 0 Å². The van der Waals surface area contributed by atoms with Crippen molar-refractivity contribution in [3.63, 3.8) is 0 Å². The first-order chi connectivity index (χ1) is 12.7. The Labute approximate surface area is 156 Å². The molecule has 4 nitrogen and oxygen atoms in total. The first-order valence-electron chi connectivity index (χ1n) is 10.4. The summed E-state index contributed by atoms with van der Waals surface area (Å²) in [7, 11) is 0. The van der Waals surface area contributed by atoms with Crippen molar-refractivity contribution in [1.82, 2.24) is 10.2 Å². The van der Waals surface area contributed by atoms with Gasteiger partial charge in [0, 0.05) is 30.6 Å². The Morgan fingerprint density at radius 3 is 2.38 bits per heavy atom. The fourth-order valence-corrected chi connectivity index (χ4v) is 4.80. The number of benzene rings is 1. The van der Waals surface area contributed by atoms with E-state index in [1.54, 1.807) is 0 Å². The number of rotatable bonds is 3. The van der Waals surface area contributed by atoms with E-state index in [4.69, 9.17) is 0 Å². The summed E-state index contributed by atoms with van der Waals surface area (Å²) < 4.78 is 0. The number of carbonyl (C=O) groups excluding carboxylic acids is 2. The summed E-state index contributed by atoms with van der Waals surface area (Å²) in [4.78, 5) is 27.2. The van der Waals surface area contributed by atoms with Gasteiger partial charge in [-0.25, -0.2) is 0 Å². The molecule has 1 heterocycles. The van der Waals surface area contributed by atoms with Gasteiger partial charge in [-0.2, -0.15) is 0 Å². The number of hydrogen-bond donors (Lipinski definition) is 1. The number of amides is 2. The van der Waals surface area contributed by atoms with Gasteiger partial charge in [0.2, 0.25) is 5.91 Å². The van der Waals surface area contributed by atoms with Crippen LogP contribution in [0.4, 0.5) is 0 Å². The normalized spacial score (nSPS) is 21.5. The number of nitrogens with zero attached hydrogens (tertiary/aromatic N) is 1. The Hall–Kier alpha value is -1.84. The molecule has 0 atom stereocenters. The number of fused-ring (bicyclic) bond motifs is 1. The quantitative estimate of drug-likeness (QED) is 0.903. The van der Waals surface area contributed by atoms with Crippen LogP contribution in [0.2, 0.25) is 0 Å². The van der Waals surface area contributed by atoms with E-state index in [-0.39, 0.29) is 23.8 Å². The summed E-state index contributed by atoms with van der Waals surface area (Å²) in [6.45, 7) is 1.48. The Morgan fingerprint density at radius 2 is 1.62 bits per heavy atom. The summed E-state index contributed by atoms with van der Waals surface area (Å²) in [6.07, 6.45) is 10.9. The minimum Gasteiger partial charge on any atom is -0.353 e. The molecule has 2 amide bonds. The Kier molecular flexibility index (Phi) is 5.28. The van der Waals surface area contributed by atoms with E-state index in [1.165, 1.54) is 36.8 Å². The number of aryl methyl sites for hydroxylation is 2. The largest absolute Gasteiger partial charge is 0.353 e. The van der Waals surface area contributed by atoms with Gasteiger partial charge in [0.1, 0.15) is 0 Å². The van der Waals surface area contributed by atoms with E-state index in [1.807, 2.05) is 11.0 Å². The lowest BCUT2D eigenvalue weighted by atomic mass is 9.88. The molecule has 1 saturated carbocycles. The van der Waals surface area contributed by atoms with Crippen LogP contribution in [0.3, 0.4) is 0 Å². The number of carbonyl (C=O) groups is 2. The molecule has 0 spiro atoms. The summed E-state index contributed by atoms with van der Waals surface area (Å²) >= 11 is 0. The molecule has 1 aromatic rings. The van der Waals surface area contributed by atoms with Crippen LogP contribution >= 0.6 is 0 Å². The van der Waals surface area contributed by atoms with Crippen molar-refractivity contribution in [3.05, 3.63) is 34.9 Å². The van der Waals surface area contributed by atoms with Crippen LogP contribution in [0.15, 0.2) is 18.2 Å². The van der Waals surface area contributed by atoms with Gasteiger partial charge in [0.15, 0.2) is 0 Å². The van der Waals surface area contributed by atoms with E-state index < -0.39 is 0 Å². The lowest BCUT2D eigenvalue weighted by Gasteiger charge is -2.33. The van der Waals surface area contributed by atoms with E-state index in [9.17, 15) is 9.59 Å². The van der Waals surface area contributed by atoms with Crippen LogP contribution < -0.4 is 5.32 Å². The van der Waals surface area contributed by atoms with Crippen LogP contribution in [-0.4, -0.2) is 35.8 Å². The van der Waals surface area contributed by atoms with Crippen molar-refractivity contribution < 1.29 is 9.59 Å². The van der Waals surface area contributed by atoms with Gasteiger partial charge in [-0.1, -0.05) is 25.3 Å². The van der Waals surface area contributed by atoms with Crippen LogP contribution in [0, 0.1) is 5.92 Å². The fourth-order valence-electron chi connectivity index (χ4n) is 4.80. The van der Waals surface area contributed by atoms with Gasteiger partial charge in [-0.15, -0.1) is 0 Å². The number of piperidine rings is 1. The molecule has 0 aromatic heterocycles. The second-order valence-electron chi connectivity index (χ2n) is 8.25. The molecule has 4 heteroatoms. The molecule has 1 aliphatic heterocycles. The van der Waals surface area contributed by atoms with E-state index in [0.717, 1.165) is 57.2 Å². The molecule has 0 radical (unpaired) electrons. The van der Waals surface area contributed by atoms with Gasteiger partial charge in [-0.3, -0.25) is 9.59 Å². The standard InChI is InChI=1S/C22H30N2O2/c25-21(17-5-2-1-3-6-17)23-20-11-13-24(14-12-20)22(26)19-10-9-16-7-4-8-18(16)15-19/h9-10,15,17,20H,1-8,11-14H2,(H,23,25). The SMILES string of the molecule is O=C(NC1CCN(C(=O)c2ccc3c(c2)CCC3)CC1)C1CCCCC1. The second-order valence-corrected chi connectivity index (χ2v) is 8.25. The maximum atomic E-state index is 12.8. The molecular formula is C22H30N2O2. The van der Waals surface area contributed by atoms with Crippen molar-refractivity contribution in [2.75, 3.05) is 13.1 Å². The molecule has 0 unspecified atom stereocenters. The maximum absolute atomic E-state index is 12.8. The summed E-state index contributed by atoms with van der Waals surface area (Å²) in [5.74, 6) is 0.611. The minimum atomic E-state index is 0.150. The van der Waals surface area contributed by atoms with Crippen molar-refractivity contribution in [2.24, 2.45) is 5.92 Å². The highest BCUT2D eigenvalue weighted by Gasteiger charge is 2.28. The third-order valence-electron chi connectivity index (χ3n) is 6.45. The van der Waals surface area contributed by atoms with E-state index in [2.05, 4.69) is 17.4 Å². The molecule has 3 aliphatic rings. The molecule has 0 bridgehead atoms.